The second kappa shape index (κ2) is 5.20. The highest BCUT2D eigenvalue weighted by Crippen LogP contribution is 2.41. The number of anilines is 2. The molecule has 0 radical (unpaired) electrons. The van der Waals surface area contributed by atoms with Crippen molar-refractivity contribution in [3.05, 3.63) is 18.2 Å². The molecular weight excluding hydrogens is 246 g/mol. The van der Waals surface area contributed by atoms with Crippen LogP contribution in [0.2, 0.25) is 0 Å². The fourth-order valence-corrected chi connectivity index (χ4v) is 3.10. The molecule has 3 N–H and O–H groups in total. The molecule has 1 aromatic rings. The topological polar surface area (TPSA) is 58.4 Å². The molecule has 0 aromatic heterocycles. The number of fused-ring (bicyclic) bond motifs is 1. The van der Waals surface area contributed by atoms with Crippen molar-refractivity contribution in [3.63, 3.8) is 0 Å². The summed E-state index contributed by atoms with van der Waals surface area (Å²) in [5.74, 6) is 0.138. The molecule has 1 amide bonds. The summed E-state index contributed by atoms with van der Waals surface area (Å²) in [4.78, 5) is 15.3. The van der Waals surface area contributed by atoms with Crippen LogP contribution < -0.4 is 16.0 Å². The van der Waals surface area contributed by atoms with Crippen molar-refractivity contribution in [1.82, 2.24) is 0 Å². The smallest absolute Gasteiger partial charge is 0.240 e. The minimum atomic E-state index is -0.0491. The van der Waals surface area contributed by atoms with Gasteiger partial charge in [0.05, 0.1) is 10.9 Å². The van der Waals surface area contributed by atoms with Crippen molar-refractivity contribution in [2.45, 2.75) is 30.0 Å². The number of thioether (sulfide) groups is 1. The minimum absolute atomic E-state index is 0.0201. The van der Waals surface area contributed by atoms with Crippen LogP contribution in [0.5, 0.6) is 0 Å². The van der Waals surface area contributed by atoms with E-state index in [9.17, 15) is 4.79 Å². The van der Waals surface area contributed by atoms with E-state index < -0.39 is 0 Å². The van der Waals surface area contributed by atoms with E-state index in [1.54, 1.807) is 11.8 Å². The van der Waals surface area contributed by atoms with E-state index in [1.165, 1.54) is 0 Å². The normalized spacial score (nSPS) is 20.6. The summed E-state index contributed by atoms with van der Waals surface area (Å²) >= 11 is 1.61. The Bertz CT molecular complexity index is 464. The molecule has 2 rings (SSSR count). The molecule has 0 aliphatic carbocycles. The summed E-state index contributed by atoms with van der Waals surface area (Å²) in [7, 11) is 1.87. The summed E-state index contributed by atoms with van der Waals surface area (Å²) in [6, 6.07) is 6.12. The van der Waals surface area contributed by atoms with Crippen LogP contribution in [0.4, 0.5) is 11.4 Å². The van der Waals surface area contributed by atoms with Crippen LogP contribution in [0.3, 0.4) is 0 Å². The average Bonchev–Trinajstić information content (AvgIpc) is 2.39. The molecule has 2 unspecified atom stereocenters. The first-order valence-electron chi connectivity index (χ1n) is 6.10. The molecule has 0 fully saturated rings. The van der Waals surface area contributed by atoms with E-state index in [2.05, 4.69) is 11.4 Å². The monoisotopic (exact) mass is 265 g/mol. The molecule has 1 heterocycles. The highest BCUT2D eigenvalue weighted by Gasteiger charge is 2.33. The third-order valence-electron chi connectivity index (χ3n) is 3.18. The molecule has 0 spiro atoms. The number of nitrogens with zero attached hydrogens (tertiary/aromatic N) is 1. The summed E-state index contributed by atoms with van der Waals surface area (Å²) in [5, 5.41) is 3.05. The van der Waals surface area contributed by atoms with Gasteiger partial charge in [0.1, 0.15) is 0 Å². The lowest BCUT2D eigenvalue weighted by molar-refractivity contribution is -0.118. The number of amides is 1. The molecule has 18 heavy (non-hydrogen) atoms. The van der Waals surface area contributed by atoms with Crippen molar-refractivity contribution >= 4 is 29.0 Å². The predicted octanol–water partition coefficient (Wildman–Crippen LogP) is 1.90. The largest absolute Gasteiger partial charge is 0.388 e. The summed E-state index contributed by atoms with van der Waals surface area (Å²) in [5.41, 5.74) is 7.69. The predicted molar refractivity (Wildman–Crippen MR) is 77.3 cm³/mol. The number of nitrogens with one attached hydrogen (secondary N) is 1. The standard InChI is InChI=1S/C13H19N3OS/c1-8(7-14)16-11-6-10(15-3)4-5-12(11)18-9(2)13(16)17/h4-6,8-9,15H,7,14H2,1-3H3. The van der Waals surface area contributed by atoms with Crippen LogP contribution in [0.1, 0.15) is 13.8 Å². The zero-order valence-electron chi connectivity index (χ0n) is 10.9. The molecule has 0 bridgehead atoms. The highest BCUT2D eigenvalue weighted by molar-refractivity contribution is 8.01. The van der Waals surface area contributed by atoms with E-state index >= 15 is 0 Å². The van der Waals surface area contributed by atoms with Gasteiger partial charge in [-0.1, -0.05) is 0 Å². The van der Waals surface area contributed by atoms with Gasteiger partial charge in [0, 0.05) is 30.2 Å². The minimum Gasteiger partial charge on any atom is -0.388 e. The Kier molecular flexibility index (Phi) is 3.82. The lowest BCUT2D eigenvalue weighted by Gasteiger charge is -2.36. The molecular formula is C13H19N3OS. The van der Waals surface area contributed by atoms with Crippen LogP contribution in [-0.4, -0.2) is 30.8 Å². The van der Waals surface area contributed by atoms with E-state index in [0.29, 0.717) is 6.54 Å². The van der Waals surface area contributed by atoms with E-state index in [4.69, 9.17) is 5.73 Å². The van der Waals surface area contributed by atoms with E-state index in [1.807, 2.05) is 37.9 Å². The number of nitrogens with two attached hydrogens (primary N) is 1. The van der Waals surface area contributed by atoms with Crippen LogP contribution in [0, 0.1) is 0 Å². The van der Waals surface area contributed by atoms with Gasteiger partial charge in [0.25, 0.3) is 0 Å². The fraction of sp³-hybridized carbons (Fsp3) is 0.462. The Labute approximate surface area is 112 Å². The fourth-order valence-electron chi connectivity index (χ4n) is 2.08. The number of carbonyl (C=O) groups excluding carboxylic acids is 1. The maximum atomic E-state index is 12.3. The molecule has 0 saturated carbocycles. The second-order valence-corrected chi connectivity index (χ2v) is 5.87. The SMILES string of the molecule is CNc1ccc2c(c1)N(C(C)CN)C(=O)C(C)S2. The van der Waals surface area contributed by atoms with Crippen molar-refractivity contribution in [2.24, 2.45) is 5.73 Å². The van der Waals surface area contributed by atoms with E-state index in [-0.39, 0.29) is 17.2 Å². The lowest BCUT2D eigenvalue weighted by Crippen LogP contribution is -2.48. The van der Waals surface area contributed by atoms with Gasteiger partial charge in [-0.05, 0) is 32.0 Å². The van der Waals surface area contributed by atoms with Gasteiger partial charge >= 0.3 is 0 Å². The first-order valence-corrected chi connectivity index (χ1v) is 6.98. The van der Waals surface area contributed by atoms with Crippen molar-refractivity contribution in [2.75, 3.05) is 23.8 Å². The molecule has 0 saturated heterocycles. The molecule has 1 aromatic carbocycles. The number of rotatable bonds is 3. The Morgan fingerprint density at radius 2 is 2.28 bits per heavy atom. The third-order valence-corrected chi connectivity index (χ3v) is 4.33. The van der Waals surface area contributed by atoms with Crippen molar-refractivity contribution in [1.29, 1.82) is 0 Å². The molecule has 4 nitrogen and oxygen atoms in total. The van der Waals surface area contributed by atoms with Crippen LogP contribution in [0.25, 0.3) is 0 Å². The Balaban J connectivity index is 2.49. The maximum Gasteiger partial charge on any atom is 0.240 e. The van der Waals surface area contributed by atoms with E-state index in [0.717, 1.165) is 16.3 Å². The molecule has 5 heteroatoms. The highest BCUT2D eigenvalue weighted by atomic mass is 32.2. The van der Waals surface area contributed by atoms with Crippen LogP contribution >= 0.6 is 11.8 Å². The lowest BCUT2D eigenvalue weighted by atomic mass is 10.1. The average molecular weight is 265 g/mol. The Hall–Kier alpha value is -1.20. The first kappa shape index (κ1) is 13.2. The number of hydrogen-bond acceptors (Lipinski definition) is 4. The zero-order chi connectivity index (χ0) is 13.3. The Morgan fingerprint density at radius 1 is 1.56 bits per heavy atom. The van der Waals surface area contributed by atoms with Gasteiger partial charge in [0.15, 0.2) is 0 Å². The van der Waals surface area contributed by atoms with Gasteiger partial charge in [0.2, 0.25) is 5.91 Å². The number of carbonyl (C=O) groups is 1. The van der Waals surface area contributed by atoms with Gasteiger partial charge < -0.3 is 16.0 Å². The third kappa shape index (κ3) is 2.20. The maximum absolute atomic E-state index is 12.3. The van der Waals surface area contributed by atoms with Gasteiger partial charge in [-0.25, -0.2) is 0 Å². The second-order valence-electron chi connectivity index (χ2n) is 4.49. The Morgan fingerprint density at radius 3 is 2.89 bits per heavy atom. The summed E-state index contributed by atoms with van der Waals surface area (Å²) in [6.45, 7) is 4.39. The van der Waals surface area contributed by atoms with Crippen LogP contribution in [0.15, 0.2) is 23.1 Å². The summed E-state index contributed by atoms with van der Waals surface area (Å²) < 4.78 is 0. The molecule has 2 atom stereocenters. The van der Waals surface area contributed by atoms with Gasteiger partial charge in [-0.15, -0.1) is 11.8 Å². The molecule has 1 aliphatic heterocycles. The quantitative estimate of drug-likeness (QED) is 0.876. The number of hydrogen-bond donors (Lipinski definition) is 2. The molecule has 1 aliphatic rings. The van der Waals surface area contributed by atoms with Crippen molar-refractivity contribution in [3.8, 4) is 0 Å². The number of benzene rings is 1. The zero-order valence-corrected chi connectivity index (χ0v) is 11.8. The van der Waals surface area contributed by atoms with Gasteiger partial charge in [-0.2, -0.15) is 0 Å². The first-order chi connectivity index (χ1) is 8.58. The van der Waals surface area contributed by atoms with Crippen molar-refractivity contribution < 1.29 is 4.79 Å². The van der Waals surface area contributed by atoms with Gasteiger partial charge in [-0.3, -0.25) is 4.79 Å². The summed E-state index contributed by atoms with van der Waals surface area (Å²) in [6.07, 6.45) is 0. The van der Waals surface area contributed by atoms with Crippen LogP contribution in [-0.2, 0) is 4.79 Å². The molecule has 98 valence electrons.